The van der Waals surface area contributed by atoms with E-state index in [1.54, 1.807) is 0 Å². The van der Waals surface area contributed by atoms with E-state index in [1.165, 1.54) is 0 Å². The van der Waals surface area contributed by atoms with Gasteiger partial charge < -0.3 is 5.32 Å². The SMILES string of the molecule is C/C=C/CCNC(=O)c1n[nH]c2ccccc12. The Morgan fingerprint density at radius 3 is 3.12 bits per heavy atom. The summed E-state index contributed by atoms with van der Waals surface area (Å²) in [6, 6.07) is 7.60. The second-order valence-corrected chi connectivity index (χ2v) is 3.73. The fourth-order valence-corrected chi connectivity index (χ4v) is 1.66. The third kappa shape index (κ3) is 2.53. The summed E-state index contributed by atoms with van der Waals surface area (Å²) in [7, 11) is 0. The molecule has 0 spiro atoms. The summed E-state index contributed by atoms with van der Waals surface area (Å²) in [5, 5.41) is 10.6. The number of carbonyl (C=O) groups is 1. The van der Waals surface area contributed by atoms with Crippen LogP contribution in [0.4, 0.5) is 0 Å². The Labute approximate surface area is 99.7 Å². The highest BCUT2D eigenvalue weighted by atomic mass is 16.1. The lowest BCUT2D eigenvalue weighted by Gasteiger charge is -2.00. The molecule has 4 heteroatoms. The van der Waals surface area contributed by atoms with Crippen molar-refractivity contribution in [3.05, 3.63) is 42.1 Å². The summed E-state index contributed by atoms with van der Waals surface area (Å²) in [5.41, 5.74) is 1.34. The number of hydrogen-bond acceptors (Lipinski definition) is 2. The van der Waals surface area contributed by atoms with Crippen molar-refractivity contribution >= 4 is 16.8 Å². The number of aromatic nitrogens is 2. The van der Waals surface area contributed by atoms with Crippen molar-refractivity contribution in [1.29, 1.82) is 0 Å². The Balaban J connectivity index is 2.09. The van der Waals surface area contributed by atoms with Gasteiger partial charge in [-0.25, -0.2) is 0 Å². The molecular formula is C13H15N3O. The molecule has 0 saturated heterocycles. The van der Waals surface area contributed by atoms with Crippen molar-refractivity contribution in [2.24, 2.45) is 0 Å². The van der Waals surface area contributed by atoms with Crippen LogP contribution in [0.15, 0.2) is 36.4 Å². The second kappa shape index (κ2) is 5.30. The van der Waals surface area contributed by atoms with Gasteiger partial charge in [-0.2, -0.15) is 5.10 Å². The number of rotatable bonds is 4. The summed E-state index contributed by atoms with van der Waals surface area (Å²) < 4.78 is 0. The van der Waals surface area contributed by atoms with Crippen molar-refractivity contribution in [3.8, 4) is 0 Å². The monoisotopic (exact) mass is 229 g/mol. The van der Waals surface area contributed by atoms with E-state index >= 15 is 0 Å². The number of carbonyl (C=O) groups excluding carboxylic acids is 1. The van der Waals surface area contributed by atoms with E-state index in [4.69, 9.17) is 0 Å². The van der Waals surface area contributed by atoms with Gasteiger partial charge >= 0.3 is 0 Å². The van der Waals surface area contributed by atoms with E-state index in [0.717, 1.165) is 17.3 Å². The number of fused-ring (bicyclic) bond motifs is 1. The molecule has 0 fully saturated rings. The van der Waals surface area contributed by atoms with Crippen LogP contribution in [0.1, 0.15) is 23.8 Å². The summed E-state index contributed by atoms with van der Waals surface area (Å²) in [6.45, 7) is 2.59. The van der Waals surface area contributed by atoms with E-state index < -0.39 is 0 Å². The van der Waals surface area contributed by atoms with E-state index in [-0.39, 0.29) is 5.91 Å². The first-order valence-corrected chi connectivity index (χ1v) is 5.65. The van der Waals surface area contributed by atoms with Gasteiger partial charge in [-0.3, -0.25) is 9.89 Å². The molecule has 2 rings (SSSR count). The van der Waals surface area contributed by atoms with E-state index in [1.807, 2.05) is 43.3 Å². The van der Waals surface area contributed by atoms with Gasteiger partial charge in [0.15, 0.2) is 5.69 Å². The number of nitrogens with one attached hydrogen (secondary N) is 2. The molecular weight excluding hydrogens is 214 g/mol. The van der Waals surface area contributed by atoms with Crippen LogP contribution < -0.4 is 5.32 Å². The van der Waals surface area contributed by atoms with Crippen molar-refractivity contribution < 1.29 is 4.79 Å². The van der Waals surface area contributed by atoms with Gasteiger partial charge in [-0.1, -0.05) is 30.4 Å². The maximum absolute atomic E-state index is 11.9. The Bertz CT molecular complexity index is 542. The summed E-state index contributed by atoms with van der Waals surface area (Å²) in [4.78, 5) is 11.9. The van der Waals surface area contributed by atoms with Crippen LogP contribution in [-0.4, -0.2) is 22.6 Å². The standard InChI is InChI=1S/C13H15N3O/c1-2-3-6-9-14-13(17)12-10-7-4-5-8-11(10)15-16-12/h2-5,7-8H,6,9H2,1H3,(H,14,17)(H,15,16)/b3-2+. The summed E-state index contributed by atoms with van der Waals surface area (Å²) in [6.07, 6.45) is 4.82. The molecule has 1 heterocycles. The highest BCUT2D eigenvalue weighted by molar-refractivity contribution is 6.04. The average Bonchev–Trinajstić information content (AvgIpc) is 2.78. The molecule has 1 aromatic carbocycles. The first-order valence-electron chi connectivity index (χ1n) is 5.65. The van der Waals surface area contributed by atoms with Gasteiger partial charge in [0, 0.05) is 11.9 Å². The largest absolute Gasteiger partial charge is 0.350 e. The Morgan fingerprint density at radius 2 is 2.29 bits per heavy atom. The number of nitrogens with zero attached hydrogens (tertiary/aromatic N) is 1. The van der Waals surface area contributed by atoms with Crippen LogP contribution in [0.5, 0.6) is 0 Å². The highest BCUT2D eigenvalue weighted by Gasteiger charge is 2.12. The lowest BCUT2D eigenvalue weighted by Crippen LogP contribution is -2.24. The van der Waals surface area contributed by atoms with Crippen LogP contribution in [-0.2, 0) is 0 Å². The lowest BCUT2D eigenvalue weighted by atomic mass is 10.2. The number of allylic oxidation sites excluding steroid dienone is 1. The predicted octanol–water partition coefficient (Wildman–Crippen LogP) is 2.26. The van der Waals surface area contributed by atoms with E-state index in [2.05, 4.69) is 15.5 Å². The van der Waals surface area contributed by atoms with Crippen LogP contribution in [0.2, 0.25) is 0 Å². The van der Waals surface area contributed by atoms with Crippen molar-refractivity contribution in [2.75, 3.05) is 6.54 Å². The second-order valence-electron chi connectivity index (χ2n) is 3.73. The topological polar surface area (TPSA) is 57.8 Å². The average molecular weight is 229 g/mol. The Morgan fingerprint density at radius 1 is 1.47 bits per heavy atom. The molecule has 2 N–H and O–H groups in total. The smallest absolute Gasteiger partial charge is 0.272 e. The van der Waals surface area contributed by atoms with Crippen LogP contribution in [0, 0.1) is 0 Å². The first kappa shape index (κ1) is 11.4. The zero-order chi connectivity index (χ0) is 12.1. The maximum Gasteiger partial charge on any atom is 0.272 e. The molecule has 1 amide bonds. The molecule has 4 nitrogen and oxygen atoms in total. The summed E-state index contributed by atoms with van der Waals surface area (Å²) in [5.74, 6) is -0.132. The summed E-state index contributed by atoms with van der Waals surface area (Å²) >= 11 is 0. The molecule has 0 aliphatic heterocycles. The van der Waals surface area contributed by atoms with E-state index in [9.17, 15) is 4.79 Å². The van der Waals surface area contributed by atoms with Gasteiger partial charge in [0.2, 0.25) is 0 Å². The van der Waals surface area contributed by atoms with Crippen LogP contribution >= 0.6 is 0 Å². The van der Waals surface area contributed by atoms with Gasteiger partial charge in [-0.05, 0) is 19.4 Å². The van der Waals surface area contributed by atoms with E-state index in [0.29, 0.717) is 12.2 Å². The lowest BCUT2D eigenvalue weighted by molar-refractivity contribution is 0.0951. The number of para-hydroxylation sites is 1. The third-order valence-corrected chi connectivity index (χ3v) is 2.52. The molecule has 1 aromatic heterocycles. The van der Waals surface area contributed by atoms with Crippen LogP contribution in [0.25, 0.3) is 10.9 Å². The quantitative estimate of drug-likeness (QED) is 0.624. The van der Waals surface area contributed by atoms with Crippen LogP contribution in [0.3, 0.4) is 0 Å². The number of benzene rings is 1. The molecule has 0 atom stereocenters. The minimum absolute atomic E-state index is 0.132. The zero-order valence-corrected chi connectivity index (χ0v) is 9.73. The molecule has 0 radical (unpaired) electrons. The first-order chi connectivity index (χ1) is 8.33. The molecule has 0 bridgehead atoms. The highest BCUT2D eigenvalue weighted by Crippen LogP contribution is 2.14. The van der Waals surface area contributed by atoms with Crippen molar-refractivity contribution in [2.45, 2.75) is 13.3 Å². The molecule has 2 aromatic rings. The fourth-order valence-electron chi connectivity index (χ4n) is 1.66. The minimum Gasteiger partial charge on any atom is -0.350 e. The normalized spacial score (nSPS) is 11.1. The van der Waals surface area contributed by atoms with Gasteiger partial charge in [0.1, 0.15) is 0 Å². The molecule has 88 valence electrons. The Hall–Kier alpha value is -2.10. The van der Waals surface area contributed by atoms with Gasteiger partial charge in [0.05, 0.1) is 5.52 Å². The number of hydrogen-bond donors (Lipinski definition) is 2. The van der Waals surface area contributed by atoms with Crippen molar-refractivity contribution in [3.63, 3.8) is 0 Å². The predicted molar refractivity (Wildman–Crippen MR) is 67.9 cm³/mol. The maximum atomic E-state index is 11.9. The number of aromatic amines is 1. The number of amides is 1. The molecule has 0 saturated carbocycles. The molecule has 0 aliphatic carbocycles. The third-order valence-electron chi connectivity index (χ3n) is 2.52. The zero-order valence-electron chi connectivity index (χ0n) is 9.73. The van der Waals surface area contributed by atoms with Gasteiger partial charge in [0.25, 0.3) is 5.91 Å². The minimum atomic E-state index is -0.132. The fraction of sp³-hybridized carbons (Fsp3) is 0.231. The van der Waals surface area contributed by atoms with Crippen molar-refractivity contribution in [1.82, 2.24) is 15.5 Å². The molecule has 0 unspecified atom stereocenters. The Kier molecular flexibility index (Phi) is 3.55. The molecule has 0 aliphatic rings. The number of H-pyrrole nitrogens is 1. The van der Waals surface area contributed by atoms with Gasteiger partial charge in [-0.15, -0.1) is 0 Å². The molecule has 17 heavy (non-hydrogen) atoms.